The van der Waals surface area contributed by atoms with E-state index >= 15 is 0 Å². The molecule has 3 aromatic rings. The van der Waals surface area contributed by atoms with Crippen molar-refractivity contribution in [2.75, 3.05) is 31.6 Å². The predicted molar refractivity (Wildman–Crippen MR) is 128 cm³/mol. The van der Waals surface area contributed by atoms with E-state index < -0.39 is 0 Å². The summed E-state index contributed by atoms with van der Waals surface area (Å²) in [4.78, 5) is 27.6. The molecule has 0 saturated heterocycles. The quantitative estimate of drug-likeness (QED) is 0.561. The molecular formula is C27H28N2O4. The maximum absolute atomic E-state index is 13.3. The van der Waals surface area contributed by atoms with Crippen molar-refractivity contribution in [3.8, 4) is 11.5 Å². The lowest BCUT2D eigenvalue weighted by Gasteiger charge is -2.22. The maximum Gasteiger partial charge on any atom is 0.254 e. The van der Waals surface area contributed by atoms with Crippen LogP contribution in [0.5, 0.6) is 11.5 Å². The Morgan fingerprint density at radius 3 is 2.39 bits per heavy atom. The number of carbonyl (C=O) groups excluding carboxylic acids is 2. The molecule has 0 spiro atoms. The Balaban J connectivity index is 1.41. The molecule has 33 heavy (non-hydrogen) atoms. The zero-order valence-corrected chi connectivity index (χ0v) is 18.8. The Kier molecular flexibility index (Phi) is 7.25. The number of nitrogens with one attached hydrogen (secondary N) is 1. The van der Waals surface area contributed by atoms with Gasteiger partial charge in [0.1, 0.15) is 19.8 Å². The van der Waals surface area contributed by atoms with Crippen LogP contribution in [0.4, 0.5) is 5.69 Å². The van der Waals surface area contributed by atoms with Gasteiger partial charge in [-0.25, -0.2) is 0 Å². The normalized spacial score (nSPS) is 12.2. The number of nitrogens with zero attached hydrogens (tertiary/aromatic N) is 1. The number of hydrogen-bond acceptors (Lipinski definition) is 4. The molecule has 0 aliphatic carbocycles. The van der Waals surface area contributed by atoms with Gasteiger partial charge in [-0.05, 0) is 49.1 Å². The van der Waals surface area contributed by atoms with E-state index in [-0.39, 0.29) is 18.4 Å². The molecule has 4 rings (SSSR count). The fourth-order valence-corrected chi connectivity index (χ4v) is 3.86. The first-order valence-electron chi connectivity index (χ1n) is 11.2. The lowest BCUT2D eigenvalue weighted by atomic mass is 9.99. The first-order valence-corrected chi connectivity index (χ1v) is 11.2. The van der Waals surface area contributed by atoms with Gasteiger partial charge in [0, 0.05) is 23.9 Å². The first-order chi connectivity index (χ1) is 16.1. The highest BCUT2D eigenvalue weighted by atomic mass is 16.6. The third-order valence-electron chi connectivity index (χ3n) is 5.60. The van der Waals surface area contributed by atoms with Gasteiger partial charge in [0.2, 0.25) is 5.91 Å². The average molecular weight is 445 g/mol. The van der Waals surface area contributed by atoms with Gasteiger partial charge in [0.15, 0.2) is 11.5 Å². The smallest absolute Gasteiger partial charge is 0.254 e. The fraction of sp³-hybridized carbons (Fsp3) is 0.259. The van der Waals surface area contributed by atoms with Crippen molar-refractivity contribution in [2.24, 2.45) is 0 Å². The number of benzene rings is 3. The van der Waals surface area contributed by atoms with Crippen LogP contribution in [0.3, 0.4) is 0 Å². The summed E-state index contributed by atoms with van der Waals surface area (Å²) in [5.41, 5.74) is 3.46. The molecule has 0 radical (unpaired) electrons. The number of fused-ring (bicyclic) bond motifs is 1. The van der Waals surface area contributed by atoms with Crippen LogP contribution in [0.15, 0.2) is 72.8 Å². The SMILES string of the molecule is CCN(CC(=O)Nc1ccc2c(c1)OCCO2)C(=O)c1ccccc1CCc1ccccc1. The van der Waals surface area contributed by atoms with Crippen molar-refractivity contribution in [3.63, 3.8) is 0 Å². The van der Waals surface area contributed by atoms with Crippen LogP contribution in [-0.2, 0) is 17.6 Å². The van der Waals surface area contributed by atoms with Crippen molar-refractivity contribution in [1.82, 2.24) is 4.90 Å². The lowest BCUT2D eigenvalue weighted by Crippen LogP contribution is -2.38. The molecule has 0 bridgehead atoms. The predicted octanol–water partition coefficient (Wildman–Crippen LogP) is 4.34. The Morgan fingerprint density at radius 1 is 0.879 bits per heavy atom. The van der Waals surface area contributed by atoms with Gasteiger partial charge in [-0.15, -0.1) is 0 Å². The molecular weight excluding hydrogens is 416 g/mol. The van der Waals surface area contributed by atoms with E-state index in [0.29, 0.717) is 42.5 Å². The average Bonchev–Trinajstić information content (AvgIpc) is 2.86. The summed E-state index contributed by atoms with van der Waals surface area (Å²) >= 11 is 0. The fourth-order valence-electron chi connectivity index (χ4n) is 3.86. The zero-order valence-electron chi connectivity index (χ0n) is 18.8. The Bertz CT molecular complexity index is 1110. The molecule has 1 heterocycles. The van der Waals surface area contributed by atoms with Crippen LogP contribution >= 0.6 is 0 Å². The van der Waals surface area contributed by atoms with Gasteiger partial charge in [0.25, 0.3) is 5.91 Å². The van der Waals surface area contributed by atoms with Crippen LogP contribution in [0.1, 0.15) is 28.4 Å². The van der Waals surface area contributed by atoms with E-state index in [1.807, 2.05) is 49.4 Å². The molecule has 0 saturated carbocycles. The van der Waals surface area contributed by atoms with Gasteiger partial charge in [-0.2, -0.15) is 0 Å². The minimum atomic E-state index is -0.261. The number of ether oxygens (including phenoxy) is 2. The molecule has 0 aromatic heterocycles. The lowest BCUT2D eigenvalue weighted by molar-refractivity contribution is -0.116. The van der Waals surface area contributed by atoms with Crippen molar-refractivity contribution in [3.05, 3.63) is 89.5 Å². The number of rotatable bonds is 8. The van der Waals surface area contributed by atoms with Gasteiger partial charge in [0.05, 0.1) is 0 Å². The molecule has 3 aromatic carbocycles. The van der Waals surface area contributed by atoms with E-state index in [4.69, 9.17) is 9.47 Å². The zero-order chi connectivity index (χ0) is 23.0. The van der Waals surface area contributed by atoms with Crippen LogP contribution in [-0.4, -0.2) is 43.0 Å². The van der Waals surface area contributed by atoms with Gasteiger partial charge < -0.3 is 19.7 Å². The number of carbonyl (C=O) groups is 2. The van der Waals surface area contributed by atoms with Gasteiger partial charge in [-0.1, -0.05) is 48.5 Å². The van der Waals surface area contributed by atoms with Crippen molar-refractivity contribution >= 4 is 17.5 Å². The standard InChI is InChI=1S/C27H28N2O4/c1-2-29(19-26(30)28-22-14-15-24-25(18-22)33-17-16-32-24)27(31)23-11-7-6-10-21(23)13-12-20-8-4-3-5-9-20/h3-11,14-15,18H,2,12-13,16-17,19H2,1H3,(H,28,30). The summed E-state index contributed by atoms with van der Waals surface area (Å²) in [5, 5.41) is 2.86. The van der Waals surface area contributed by atoms with Crippen molar-refractivity contribution in [1.29, 1.82) is 0 Å². The maximum atomic E-state index is 13.3. The highest BCUT2D eigenvalue weighted by Gasteiger charge is 2.20. The number of likely N-dealkylation sites (N-methyl/N-ethyl adjacent to an activating group) is 1. The topological polar surface area (TPSA) is 67.9 Å². The van der Waals surface area contributed by atoms with E-state index in [1.165, 1.54) is 5.56 Å². The first kappa shape index (κ1) is 22.4. The van der Waals surface area contributed by atoms with Crippen molar-refractivity contribution in [2.45, 2.75) is 19.8 Å². The second-order valence-electron chi connectivity index (χ2n) is 7.87. The Morgan fingerprint density at radius 2 is 1.61 bits per heavy atom. The van der Waals surface area contributed by atoms with Gasteiger partial charge >= 0.3 is 0 Å². The molecule has 1 N–H and O–H groups in total. The molecule has 0 fully saturated rings. The van der Waals surface area contributed by atoms with E-state index in [1.54, 1.807) is 23.1 Å². The third-order valence-corrected chi connectivity index (χ3v) is 5.60. The molecule has 2 amide bonds. The highest BCUT2D eigenvalue weighted by molar-refractivity contribution is 6.00. The van der Waals surface area contributed by atoms with Crippen LogP contribution in [0.25, 0.3) is 0 Å². The molecule has 170 valence electrons. The minimum Gasteiger partial charge on any atom is -0.486 e. The number of amides is 2. The number of aryl methyl sites for hydroxylation is 2. The molecule has 0 atom stereocenters. The Hall–Kier alpha value is -3.80. The van der Waals surface area contributed by atoms with Gasteiger partial charge in [-0.3, -0.25) is 9.59 Å². The largest absolute Gasteiger partial charge is 0.486 e. The number of anilines is 1. The molecule has 0 unspecified atom stereocenters. The third kappa shape index (κ3) is 5.71. The summed E-state index contributed by atoms with van der Waals surface area (Å²) in [6, 6.07) is 23.1. The summed E-state index contributed by atoms with van der Waals surface area (Å²) < 4.78 is 11.1. The molecule has 6 heteroatoms. The minimum absolute atomic E-state index is 0.0310. The molecule has 6 nitrogen and oxygen atoms in total. The molecule has 1 aliphatic rings. The highest BCUT2D eigenvalue weighted by Crippen LogP contribution is 2.32. The summed E-state index contributed by atoms with van der Waals surface area (Å²) in [6.07, 6.45) is 1.61. The monoisotopic (exact) mass is 444 g/mol. The van der Waals surface area contributed by atoms with Crippen LogP contribution < -0.4 is 14.8 Å². The van der Waals surface area contributed by atoms with Crippen LogP contribution in [0, 0.1) is 0 Å². The summed E-state index contributed by atoms with van der Waals surface area (Å²) in [6.45, 7) is 3.27. The van der Waals surface area contributed by atoms with E-state index in [9.17, 15) is 9.59 Å². The summed E-state index contributed by atoms with van der Waals surface area (Å²) in [5.74, 6) is 0.869. The summed E-state index contributed by atoms with van der Waals surface area (Å²) in [7, 11) is 0. The second kappa shape index (κ2) is 10.7. The number of hydrogen-bond donors (Lipinski definition) is 1. The van der Waals surface area contributed by atoms with Crippen molar-refractivity contribution < 1.29 is 19.1 Å². The van der Waals surface area contributed by atoms with E-state index in [2.05, 4.69) is 17.4 Å². The van der Waals surface area contributed by atoms with Crippen LogP contribution in [0.2, 0.25) is 0 Å². The second-order valence-corrected chi connectivity index (χ2v) is 7.87. The molecule has 1 aliphatic heterocycles. The van der Waals surface area contributed by atoms with E-state index in [0.717, 1.165) is 18.4 Å². The Labute approximate surface area is 194 Å².